The van der Waals surface area contributed by atoms with Gasteiger partial charge in [-0.05, 0) is 30.2 Å². The van der Waals surface area contributed by atoms with Crippen LogP contribution in [0.5, 0.6) is 0 Å². The molecule has 1 amide bonds. The molecule has 0 radical (unpaired) electrons. The summed E-state index contributed by atoms with van der Waals surface area (Å²) >= 11 is 1.82. The lowest BCUT2D eigenvalue weighted by Crippen LogP contribution is -2.40. The van der Waals surface area contributed by atoms with Gasteiger partial charge >= 0.3 is 0 Å². The molecule has 0 saturated carbocycles. The van der Waals surface area contributed by atoms with E-state index >= 15 is 0 Å². The fourth-order valence-electron chi connectivity index (χ4n) is 3.00. The lowest BCUT2D eigenvalue weighted by atomic mass is 9.90. The summed E-state index contributed by atoms with van der Waals surface area (Å²) in [6.45, 7) is 3.60. The van der Waals surface area contributed by atoms with E-state index in [4.69, 9.17) is 0 Å². The molecule has 132 valence electrons. The summed E-state index contributed by atoms with van der Waals surface area (Å²) in [7, 11) is 1.77. The minimum absolute atomic E-state index is 0.0686. The number of amides is 1. The molecule has 2 aromatic rings. The molecular weight excluding hydrogens is 332 g/mol. The zero-order valence-electron chi connectivity index (χ0n) is 14.6. The molecule has 1 aromatic carbocycles. The highest BCUT2D eigenvalue weighted by molar-refractivity contribution is 7.11. The van der Waals surface area contributed by atoms with Crippen LogP contribution in [-0.2, 0) is 17.8 Å². The molecule has 0 spiro atoms. The van der Waals surface area contributed by atoms with Gasteiger partial charge in [0.25, 0.3) is 0 Å². The van der Waals surface area contributed by atoms with Crippen LogP contribution in [0.1, 0.15) is 34.6 Å². The van der Waals surface area contributed by atoms with Crippen LogP contribution in [-0.4, -0.2) is 25.5 Å². The Hall–Kier alpha value is -2.34. The SMILES string of the molecule is CCc1ccc(CNC(=NC)NCC2CC(=O)Nc3ccccc32)s1. The number of nitrogens with one attached hydrogen (secondary N) is 3. The molecule has 25 heavy (non-hydrogen) atoms. The highest BCUT2D eigenvalue weighted by Gasteiger charge is 2.24. The van der Waals surface area contributed by atoms with E-state index in [-0.39, 0.29) is 11.8 Å². The van der Waals surface area contributed by atoms with E-state index < -0.39 is 0 Å². The zero-order valence-corrected chi connectivity index (χ0v) is 15.5. The molecule has 0 bridgehead atoms. The highest BCUT2D eigenvalue weighted by atomic mass is 32.1. The van der Waals surface area contributed by atoms with Crippen molar-refractivity contribution in [1.82, 2.24) is 10.6 Å². The third-order valence-electron chi connectivity index (χ3n) is 4.34. The largest absolute Gasteiger partial charge is 0.356 e. The molecular formula is C19H24N4OS. The van der Waals surface area contributed by atoms with Gasteiger partial charge in [-0.15, -0.1) is 11.3 Å². The Morgan fingerprint density at radius 2 is 2.04 bits per heavy atom. The number of aryl methyl sites for hydroxylation is 1. The molecule has 6 heteroatoms. The maximum Gasteiger partial charge on any atom is 0.225 e. The fraction of sp³-hybridized carbons (Fsp3) is 0.368. The number of anilines is 1. The molecule has 1 atom stereocenters. The first-order valence-corrected chi connectivity index (χ1v) is 9.42. The van der Waals surface area contributed by atoms with Gasteiger partial charge in [0.2, 0.25) is 5.91 Å². The summed E-state index contributed by atoms with van der Waals surface area (Å²) in [5.74, 6) is 0.978. The number of rotatable bonds is 5. The molecule has 0 aliphatic carbocycles. The van der Waals surface area contributed by atoms with Crippen molar-refractivity contribution in [2.24, 2.45) is 4.99 Å². The standard InChI is InChI=1S/C19H24N4OS/c1-3-14-8-9-15(25-14)12-22-19(20-2)21-11-13-10-18(24)23-17-7-5-4-6-16(13)17/h4-9,13H,3,10-12H2,1-2H3,(H,23,24)(H2,20,21,22). The average molecular weight is 356 g/mol. The second kappa shape index (κ2) is 8.16. The topological polar surface area (TPSA) is 65.5 Å². The second-order valence-electron chi connectivity index (χ2n) is 6.06. The van der Waals surface area contributed by atoms with Crippen LogP contribution in [0.3, 0.4) is 0 Å². The van der Waals surface area contributed by atoms with Crippen LogP contribution >= 0.6 is 11.3 Å². The lowest BCUT2D eigenvalue weighted by molar-refractivity contribution is -0.116. The van der Waals surface area contributed by atoms with Crippen molar-refractivity contribution in [3.8, 4) is 0 Å². The molecule has 0 fully saturated rings. The normalized spacial score (nSPS) is 17.0. The van der Waals surface area contributed by atoms with E-state index in [0.29, 0.717) is 13.0 Å². The molecule has 1 aromatic heterocycles. The van der Waals surface area contributed by atoms with Gasteiger partial charge in [-0.25, -0.2) is 0 Å². The average Bonchev–Trinajstić information content (AvgIpc) is 3.09. The molecule has 5 nitrogen and oxygen atoms in total. The van der Waals surface area contributed by atoms with Gasteiger partial charge in [-0.2, -0.15) is 0 Å². The van der Waals surface area contributed by atoms with Crippen LogP contribution in [0, 0.1) is 0 Å². The fourth-order valence-corrected chi connectivity index (χ4v) is 3.90. The second-order valence-corrected chi connectivity index (χ2v) is 7.32. The van der Waals surface area contributed by atoms with Crippen molar-refractivity contribution in [1.29, 1.82) is 0 Å². The first-order valence-electron chi connectivity index (χ1n) is 8.60. The van der Waals surface area contributed by atoms with E-state index in [2.05, 4.69) is 46.1 Å². The third-order valence-corrected chi connectivity index (χ3v) is 5.57. The lowest BCUT2D eigenvalue weighted by Gasteiger charge is -2.26. The molecule has 3 N–H and O–H groups in total. The predicted molar refractivity (Wildman–Crippen MR) is 104 cm³/mol. The van der Waals surface area contributed by atoms with Gasteiger partial charge in [-0.1, -0.05) is 25.1 Å². The molecule has 3 rings (SSSR count). The van der Waals surface area contributed by atoms with Crippen LogP contribution in [0.15, 0.2) is 41.4 Å². The Bertz CT molecular complexity index is 768. The summed E-state index contributed by atoms with van der Waals surface area (Å²) in [6, 6.07) is 12.3. The zero-order chi connectivity index (χ0) is 17.6. The Morgan fingerprint density at radius 3 is 2.80 bits per heavy atom. The van der Waals surface area contributed by atoms with E-state index in [1.54, 1.807) is 7.05 Å². The van der Waals surface area contributed by atoms with Gasteiger partial charge in [0.05, 0.1) is 6.54 Å². The number of guanidine groups is 1. The quantitative estimate of drug-likeness (QED) is 0.570. The van der Waals surface area contributed by atoms with Gasteiger partial charge < -0.3 is 16.0 Å². The number of benzene rings is 1. The Labute approximate surface area is 152 Å². The summed E-state index contributed by atoms with van der Waals surface area (Å²) in [5.41, 5.74) is 2.09. The van der Waals surface area contributed by atoms with Crippen molar-refractivity contribution in [3.63, 3.8) is 0 Å². The van der Waals surface area contributed by atoms with Gasteiger partial charge in [0.15, 0.2) is 5.96 Å². The maximum atomic E-state index is 11.9. The Balaban J connectivity index is 1.57. The molecule has 0 saturated heterocycles. The molecule has 1 unspecified atom stereocenters. The molecule has 2 heterocycles. The van der Waals surface area contributed by atoms with Crippen molar-refractivity contribution < 1.29 is 4.79 Å². The van der Waals surface area contributed by atoms with Crippen LogP contribution in [0.4, 0.5) is 5.69 Å². The minimum atomic E-state index is 0.0686. The Kier molecular flexibility index (Phi) is 5.71. The smallest absolute Gasteiger partial charge is 0.225 e. The number of nitrogens with zero attached hydrogens (tertiary/aromatic N) is 1. The predicted octanol–water partition coefficient (Wildman–Crippen LogP) is 3.10. The first kappa shape index (κ1) is 17.5. The Morgan fingerprint density at radius 1 is 1.24 bits per heavy atom. The number of fused-ring (bicyclic) bond motifs is 1. The van der Waals surface area contributed by atoms with Gasteiger partial charge in [0, 0.05) is 41.4 Å². The van der Waals surface area contributed by atoms with E-state index in [1.165, 1.54) is 15.3 Å². The van der Waals surface area contributed by atoms with Gasteiger partial charge in [0.1, 0.15) is 0 Å². The first-order chi connectivity index (χ1) is 12.2. The monoisotopic (exact) mass is 356 g/mol. The highest BCUT2D eigenvalue weighted by Crippen LogP contribution is 2.31. The summed E-state index contributed by atoms with van der Waals surface area (Å²) in [6.07, 6.45) is 1.56. The number of aliphatic imine (C=N–C) groups is 1. The van der Waals surface area contributed by atoms with Crippen molar-refractivity contribution >= 4 is 28.9 Å². The minimum Gasteiger partial charge on any atom is -0.356 e. The number of hydrogen-bond donors (Lipinski definition) is 3. The number of thiophene rings is 1. The van der Waals surface area contributed by atoms with E-state index in [0.717, 1.165) is 24.6 Å². The number of hydrogen-bond acceptors (Lipinski definition) is 3. The van der Waals surface area contributed by atoms with Crippen LogP contribution in [0.25, 0.3) is 0 Å². The van der Waals surface area contributed by atoms with Crippen molar-refractivity contribution in [2.45, 2.75) is 32.2 Å². The number of para-hydroxylation sites is 1. The van der Waals surface area contributed by atoms with Crippen molar-refractivity contribution in [3.05, 3.63) is 51.7 Å². The van der Waals surface area contributed by atoms with Crippen LogP contribution < -0.4 is 16.0 Å². The van der Waals surface area contributed by atoms with E-state index in [1.807, 2.05) is 29.5 Å². The number of carbonyl (C=O) groups excluding carboxylic acids is 1. The third kappa shape index (κ3) is 4.39. The molecule has 1 aliphatic rings. The molecule has 1 aliphatic heterocycles. The summed E-state index contributed by atoms with van der Waals surface area (Å²) < 4.78 is 0. The van der Waals surface area contributed by atoms with Crippen molar-refractivity contribution in [2.75, 3.05) is 18.9 Å². The summed E-state index contributed by atoms with van der Waals surface area (Å²) in [5, 5.41) is 9.64. The maximum absolute atomic E-state index is 11.9. The van der Waals surface area contributed by atoms with E-state index in [9.17, 15) is 4.79 Å². The summed E-state index contributed by atoms with van der Waals surface area (Å²) in [4.78, 5) is 18.9. The van der Waals surface area contributed by atoms with Gasteiger partial charge in [-0.3, -0.25) is 9.79 Å². The van der Waals surface area contributed by atoms with Crippen LogP contribution in [0.2, 0.25) is 0 Å². The number of carbonyl (C=O) groups is 1.